The van der Waals surface area contributed by atoms with Crippen molar-refractivity contribution < 1.29 is 14.6 Å². The minimum Gasteiger partial charge on any atom is -0.389 e. The number of fused-ring (bicyclic) bond motifs is 1. The third kappa shape index (κ3) is 2.92. The Hall–Kier alpha value is -0.980. The highest BCUT2D eigenvalue weighted by molar-refractivity contribution is 7.13. The number of aromatic nitrogens is 1. The summed E-state index contributed by atoms with van der Waals surface area (Å²) in [6, 6.07) is 0. The van der Waals surface area contributed by atoms with Gasteiger partial charge in [-0.05, 0) is 26.2 Å². The Labute approximate surface area is 135 Å². The van der Waals surface area contributed by atoms with Gasteiger partial charge in [-0.3, -0.25) is 4.79 Å². The van der Waals surface area contributed by atoms with Gasteiger partial charge in [-0.15, -0.1) is 11.3 Å². The van der Waals surface area contributed by atoms with E-state index in [-0.39, 0.29) is 11.8 Å². The monoisotopic (exact) mass is 324 g/mol. The summed E-state index contributed by atoms with van der Waals surface area (Å²) in [6.45, 7) is 3.64. The van der Waals surface area contributed by atoms with Crippen molar-refractivity contribution >= 4 is 17.2 Å². The number of hydrogen-bond acceptors (Lipinski definition) is 5. The Bertz CT molecular complexity index is 560. The van der Waals surface area contributed by atoms with Crippen LogP contribution < -0.4 is 0 Å². The highest BCUT2D eigenvalue weighted by atomic mass is 32.1. The highest BCUT2D eigenvalue weighted by Crippen LogP contribution is 2.40. The van der Waals surface area contributed by atoms with Crippen LogP contribution in [0.3, 0.4) is 0 Å². The Morgan fingerprint density at radius 2 is 2.32 bits per heavy atom. The van der Waals surface area contributed by atoms with E-state index in [2.05, 4.69) is 4.98 Å². The number of methoxy groups -OCH3 is 1. The molecule has 2 heterocycles. The fraction of sp³-hybridized carbons (Fsp3) is 0.750. The summed E-state index contributed by atoms with van der Waals surface area (Å²) in [5, 5.41) is 11.6. The number of carbonyl (C=O) groups excluding carboxylic acids is 1. The van der Waals surface area contributed by atoms with E-state index in [9.17, 15) is 9.90 Å². The SMILES string of the molecule is COCc1nc(C)c(C(=O)N2CCC3(O)CCCCC3C2)s1. The molecule has 2 unspecified atom stereocenters. The standard InChI is InChI=1S/C16H24N2O3S/c1-11-14(22-13(17-11)10-21-2)15(19)18-8-7-16(20)6-4-3-5-12(16)9-18/h12,20H,3-10H2,1-2H3. The van der Waals surface area contributed by atoms with Crippen molar-refractivity contribution in [1.29, 1.82) is 0 Å². The largest absolute Gasteiger partial charge is 0.389 e. The number of nitrogens with zero attached hydrogens (tertiary/aromatic N) is 2. The highest BCUT2D eigenvalue weighted by Gasteiger charge is 2.44. The van der Waals surface area contributed by atoms with Crippen molar-refractivity contribution in [3.8, 4) is 0 Å². The molecule has 1 aliphatic heterocycles. The first-order chi connectivity index (χ1) is 10.5. The van der Waals surface area contributed by atoms with E-state index >= 15 is 0 Å². The quantitative estimate of drug-likeness (QED) is 0.927. The molecule has 2 aliphatic rings. The molecule has 1 saturated heterocycles. The molecule has 0 radical (unpaired) electrons. The number of hydrogen-bond donors (Lipinski definition) is 1. The topological polar surface area (TPSA) is 62.7 Å². The number of carbonyl (C=O) groups is 1. The molecule has 2 atom stereocenters. The van der Waals surface area contributed by atoms with Crippen LogP contribution in [0.2, 0.25) is 0 Å². The van der Waals surface area contributed by atoms with Crippen LogP contribution in [0.5, 0.6) is 0 Å². The number of likely N-dealkylation sites (tertiary alicyclic amines) is 1. The van der Waals surface area contributed by atoms with Crippen LogP contribution in [0.4, 0.5) is 0 Å². The molecule has 0 bridgehead atoms. The number of amides is 1. The Morgan fingerprint density at radius 1 is 1.50 bits per heavy atom. The molecular weight excluding hydrogens is 300 g/mol. The number of piperidine rings is 1. The van der Waals surface area contributed by atoms with Gasteiger partial charge in [-0.25, -0.2) is 4.98 Å². The number of ether oxygens (including phenoxy) is 1. The van der Waals surface area contributed by atoms with Gasteiger partial charge in [0.15, 0.2) is 0 Å². The van der Waals surface area contributed by atoms with E-state index in [0.717, 1.165) is 36.4 Å². The van der Waals surface area contributed by atoms with Crippen LogP contribution in [0, 0.1) is 12.8 Å². The summed E-state index contributed by atoms with van der Waals surface area (Å²) < 4.78 is 5.10. The lowest BCUT2D eigenvalue weighted by Crippen LogP contribution is -2.54. The van der Waals surface area contributed by atoms with Crippen molar-refractivity contribution in [1.82, 2.24) is 9.88 Å². The molecule has 6 heteroatoms. The maximum Gasteiger partial charge on any atom is 0.265 e. The van der Waals surface area contributed by atoms with Crippen molar-refractivity contribution in [3.05, 3.63) is 15.6 Å². The molecule has 1 aromatic rings. The van der Waals surface area contributed by atoms with Crippen molar-refractivity contribution in [2.45, 2.75) is 51.2 Å². The first-order valence-electron chi connectivity index (χ1n) is 8.00. The fourth-order valence-electron chi connectivity index (χ4n) is 3.73. The van der Waals surface area contributed by atoms with Crippen LogP contribution in [-0.2, 0) is 11.3 Å². The van der Waals surface area contributed by atoms with Gasteiger partial charge in [-0.2, -0.15) is 0 Å². The zero-order chi connectivity index (χ0) is 15.7. The minimum absolute atomic E-state index is 0.0602. The van der Waals surface area contributed by atoms with Gasteiger partial charge in [-0.1, -0.05) is 12.8 Å². The Kier molecular flexibility index (Phi) is 4.52. The third-order valence-electron chi connectivity index (χ3n) is 5.02. The lowest BCUT2D eigenvalue weighted by Gasteiger charge is -2.47. The molecule has 1 saturated carbocycles. The summed E-state index contributed by atoms with van der Waals surface area (Å²) in [5.74, 6) is 0.288. The molecule has 1 N–H and O–H groups in total. The summed E-state index contributed by atoms with van der Waals surface area (Å²) in [4.78, 5) is 19.8. The number of aliphatic hydroxyl groups is 1. The Morgan fingerprint density at radius 3 is 3.09 bits per heavy atom. The van der Waals surface area contributed by atoms with E-state index < -0.39 is 5.60 Å². The molecule has 122 valence electrons. The van der Waals surface area contributed by atoms with Crippen molar-refractivity contribution in [3.63, 3.8) is 0 Å². The van der Waals surface area contributed by atoms with Crippen LogP contribution in [0.15, 0.2) is 0 Å². The molecule has 2 fully saturated rings. The predicted octanol–water partition coefficient (Wildman–Crippen LogP) is 2.37. The lowest BCUT2D eigenvalue weighted by atomic mass is 9.71. The maximum absolute atomic E-state index is 12.8. The second-order valence-electron chi connectivity index (χ2n) is 6.50. The average Bonchev–Trinajstić information content (AvgIpc) is 2.86. The first kappa shape index (κ1) is 15.9. The lowest BCUT2D eigenvalue weighted by molar-refractivity contribution is -0.0885. The van der Waals surface area contributed by atoms with Gasteiger partial charge in [0.25, 0.3) is 5.91 Å². The number of thiazole rings is 1. The van der Waals surface area contributed by atoms with Crippen LogP contribution in [0.25, 0.3) is 0 Å². The summed E-state index contributed by atoms with van der Waals surface area (Å²) >= 11 is 1.42. The fourth-order valence-corrected chi connectivity index (χ4v) is 4.74. The van der Waals surface area contributed by atoms with E-state index in [1.807, 2.05) is 11.8 Å². The minimum atomic E-state index is -0.543. The van der Waals surface area contributed by atoms with E-state index in [0.29, 0.717) is 31.0 Å². The zero-order valence-corrected chi connectivity index (χ0v) is 14.1. The molecular formula is C16H24N2O3S. The summed E-state index contributed by atoms with van der Waals surface area (Å²) in [6.07, 6.45) is 4.88. The predicted molar refractivity (Wildman–Crippen MR) is 85.0 cm³/mol. The molecule has 0 aromatic carbocycles. The van der Waals surface area contributed by atoms with Gasteiger partial charge >= 0.3 is 0 Å². The molecule has 1 amide bonds. The average molecular weight is 324 g/mol. The van der Waals surface area contributed by atoms with Gasteiger partial charge < -0.3 is 14.7 Å². The normalized spacial score (nSPS) is 28.5. The zero-order valence-electron chi connectivity index (χ0n) is 13.3. The molecule has 22 heavy (non-hydrogen) atoms. The van der Waals surface area contributed by atoms with Gasteiger partial charge in [0, 0.05) is 26.1 Å². The molecule has 1 aliphatic carbocycles. The number of rotatable bonds is 3. The van der Waals surface area contributed by atoms with E-state index in [1.165, 1.54) is 11.3 Å². The maximum atomic E-state index is 12.8. The second-order valence-corrected chi connectivity index (χ2v) is 7.59. The van der Waals surface area contributed by atoms with Crippen molar-refractivity contribution in [2.24, 2.45) is 5.92 Å². The first-order valence-corrected chi connectivity index (χ1v) is 8.82. The molecule has 0 spiro atoms. The van der Waals surface area contributed by atoms with Gasteiger partial charge in [0.1, 0.15) is 9.88 Å². The smallest absolute Gasteiger partial charge is 0.265 e. The molecule has 1 aromatic heterocycles. The second kappa shape index (κ2) is 6.26. The molecule has 3 rings (SSSR count). The van der Waals surface area contributed by atoms with Crippen LogP contribution in [0.1, 0.15) is 52.5 Å². The molecule has 5 nitrogen and oxygen atoms in total. The van der Waals surface area contributed by atoms with Gasteiger partial charge in [0.05, 0.1) is 17.9 Å². The van der Waals surface area contributed by atoms with Crippen LogP contribution in [-0.4, -0.2) is 46.7 Å². The van der Waals surface area contributed by atoms with E-state index in [4.69, 9.17) is 4.74 Å². The third-order valence-corrected chi connectivity index (χ3v) is 6.14. The summed E-state index contributed by atoms with van der Waals surface area (Å²) in [7, 11) is 1.63. The van der Waals surface area contributed by atoms with E-state index in [1.54, 1.807) is 7.11 Å². The summed E-state index contributed by atoms with van der Waals surface area (Å²) in [5.41, 5.74) is 0.241. The van der Waals surface area contributed by atoms with Crippen LogP contribution >= 0.6 is 11.3 Å². The Balaban J connectivity index is 1.73. The number of aryl methyl sites for hydroxylation is 1. The van der Waals surface area contributed by atoms with Crippen molar-refractivity contribution in [2.75, 3.05) is 20.2 Å². The van der Waals surface area contributed by atoms with Gasteiger partial charge in [0.2, 0.25) is 0 Å².